The molecule has 0 radical (unpaired) electrons. The Labute approximate surface area is 193 Å². The number of nitrogens with one attached hydrogen (secondary N) is 3. The molecule has 1 aliphatic rings. The van der Waals surface area contributed by atoms with E-state index in [0.717, 1.165) is 18.4 Å². The second-order valence-electron chi connectivity index (χ2n) is 8.00. The van der Waals surface area contributed by atoms with Crippen LogP contribution in [0.1, 0.15) is 62.6 Å². The smallest absolute Gasteiger partial charge is 0.229 e. The molecule has 4 rings (SSSR count). The van der Waals surface area contributed by atoms with Gasteiger partial charge in [-0.05, 0) is 36.4 Å². The number of ether oxygens (including phenoxy) is 1. The van der Waals surface area contributed by atoms with Crippen LogP contribution in [-0.4, -0.2) is 44.7 Å². The van der Waals surface area contributed by atoms with Gasteiger partial charge in [-0.25, -0.2) is 0 Å². The topological polar surface area (TPSA) is 105 Å². The molecule has 0 aliphatic carbocycles. The molecule has 32 heavy (non-hydrogen) atoms. The minimum Gasteiger partial charge on any atom is -0.381 e. The number of hydrogen-bond donors (Lipinski definition) is 3. The molecule has 2 aromatic heterocycles. The summed E-state index contributed by atoms with van der Waals surface area (Å²) >= 11 is 0. The maximum absolute atomic E-state index is 11.8. The Morgan fingerprint density at radius 1 is 1.25 bits per heavy atom. The van der Waals surface area contributed by atoms with Gasteiger partial charge < -0.3 is 20.7 Å². The molecule has 9 heteroatoms. The van der Waals surface area contributed by atoms with E-state index in [1.165, 1.54) is 0 Å². The molecule has 9 nitrogen and oxygen atoms in total. The summed E-state index contributed by atoms with van der Waals surface area (Å²) in [5.41, 5.74) is 1.63. The lowest BCUT2D eigenvalue weighted by Gasteiger charge is -2.23. The summed E-state index contributed by atoms with van der Waals surface area (Å²) in [6.45, 7) is 7.08. The molecule has 0 spiro atoms. The highest BCUT2D eigenvalue weighted by Crippen LogP contribution is 2.23. The Morgan fingerprint density at radius 2 is 2.00 bits per heavy atom. The van der Waals surface area contributed by atoms with Crippen LogP contribution in [0.5, 0.6) is 0 Å². The maximum Gasteiger partial charge on any atom is 0.229 e. The van der Waals surface area contributed by atoms with Gasteiger partial charge in [-0.1, -0.05) is 32.9 Å². The van der Waals surface area contributed by atoms with Crippen LogP contribution in [-0.2, 0) is 16.1 Å². The second kappa shape index (κ2) is 9.95. The lowest BCUT2D eigenvalue weighted by molar-refractivity contribution is -0.115. The molecule has 1 amide bonds. The van der Waals surface area contributed by atoms with E-state index in [-0.39, 0.29) is 66.3 Å². The molecule has 170 valence electrons. The first kappa shape index (κ1) is 17.4. The molecule has 0 bridgehead atoms. The third-order valence-corrected chi connectivity index (χ3v) is 5.26. The Kier molecular flexibility index (Phi) is 5.40. The van der Waals surface area contributed by atoms with E-state index in [9.17, 15) is 4.79 Å². The maximum atomic E-state index is 11.8. The summed E-state index contributed by atoms with van der Waals surface area (Å²) < 4.78 is 40.4. The van der Waals surface area contributed by atoms with Crippen LogP contribution >= 0.6 is 0 Å². The summed E-state index contributed by atoms with van der Waals surface area (Å²) in [5.74, 6) is 0.607. The molecular formula is C23H31N7O2. The summed E-state index contributed by atoms with van der Waals surface area (Å²) in [5, 5.41) is 13.4. The molecular weight excluding hydrogens is 406 g/mol. The van der Waals surface area contributed by atoms with Crippen molar-refractivity contribution in [3.63, 3.8) is 0 Å². The Hall–Kier alpha value is -3.20. The van der Waals surface area contributed by atoms with Crippen LogP contribution < -0.4 is 16.0 Å². The van der Waals surface area contributed by atoms with Crippen LogP contribution in [0.15, 0.2) is 30.4 Å². The van der Waals surface area contributed by atoms with Gasteiger partial charge in [-0.15, -0.1) is 0 Å². The van der Waals surface area contributed by atoms with E-state index in [4.69, 9.17) is 15.2 Å². The van der Waals surface area contributed by atoms with Crippen LogP contribution in [0.2, 0.25) is 0 Å². The molecule has 3 aromatic rings. The van der Waals surface area contributed by atoms with Crippen molar-refractivity contribution in [1.82, 2.24) is 19.6 Å². The predicted molar refractivity (Wildman–Crippen MR) is 125 cm³/mol. The molecule has 0 saturated carbocycles. The monoisotopic (exact) mass is 441 g/mol. The zero-order valence-corrected chi connectivity index (χ0v) is 18.6. The quantitative estimate of drug-likeness (QED) is 0.488. The first-order chi connectivity index (χ1) is 17.2. The average Bonchev–Trinajstić information content (AvgIpc) is 3.30. The van der Waals surface area contributed by atoms with Gasteiger partial charge in [0.2, 0.25) is 17.8 Å². The van der Waals surface area contributed by atoms with Crippen molar-refractivity contribution in [2.75, 3.05) is 29.2 Å². The third kappa shape index (κ3) is 5.16. The van der Waals surface area contributed by atoms with Crippen molar-refractivity contribution in [2.45, 2.75) is 58.5 Å². The molecule has 0 unspecified atom stereocenters. The zero-order valence-electron chi connectivity index (χ0n) is 22.6. The van der Waals surface area contributed by atoms with Gasteiger partial charge in [0, 0.05) is 43.5 Å². The SMILES string of the molecule is [2H]c1c([2H])c(NC(=O)CC)c([2H])c([2H])c1CNc1nc(NC2CCOCC2)nc2c(C(C)C)cnn12. The third-order valence-electron chi connectivity index (χ3n) is 5.26. The summed E-state index contributed by atoms with van der Waals surface area (Å²) in [4.78, 5) is 21.1. The van der Waals surface area contributed by atoms with Crippen LogP contribution in [0.3, 0.4) is 0 Å². The first-order valence-corrected chi connectivity index (χ1v) is 10.9. The van der Waals surface area contributed by atoms with Gasteiger partial charge in [0.25, 0.3) is 0 Å². The lowest BCUT2D eigenvalue weighted by atomic mass is 10.1. The minimum absolute atomic E-state index is 0.0306. The number of carbonyl (C=O) groups excluding carboxylic acids is 1. The number of nitrogens with zero attached hydrogens (tertiary/aromatic N) is 4. The number of hydrogen-bond acceptors (Lipinski definition) is 7. The Morgan fingerprint density at radius 3 is 2.69 bits per heavy atom. The number of anilines is 3. The highest BCUT2D eigenvalue weighted by atomic mass is 16.5. The summed E-state index contributed by atoms with van der Waals surface area (Å²) in [7, 11) is 0. The zero-order chi connectivity index (χ0) is 26.0. The Bertz CT molecular complexity index is 1250. The fraction of sp³-hybridized carbons (Fsp3) is 0.478. The van der Waals surface area contributed by atoms with Crippen molar-refractivity contribution >= 4 is 29.1 Å². The van der Waals surface area contributed by atoms with Crippen molar-refractivity contribution in [3.8, 4) is 0 Å². The van der Waals surface area contributed by atoms with Crippen molar-refractivity contribution in [3.05, 3.63) is 41.5 Å². The van der Waals surface area contributed by atoms with Crippen LogP contribution in [0.4, 0.5) is 17.6 Å². The second-order valence-corrected chi connectivity index (χ2v) is 8.00. The van der Waals surface area contributed by atoms with E-state index < -0.39 is 0 Å². The van der Waals surface area contributed by atoms with Crippen molar-refractivity contribution in [2.24, 2.45) is 0 Å². The molecule has 1 aromatic carbocycles. The number of carbonyl (C=O) groups is 1. The number of fused-ring (bicyclic) bond motifs is 1. The lowest BCUT2D eigenvalue weighted by Crippen LogP contribution is -2.29. The van der Waals surface area contributed by atoms with E-state index >= 15 is 0 Å². The highest BCUT2D eigenvalue weighted by molar-refractivity contribution is 5.90. The highest BCUT2D eigenvalue weighted by Gasteiger charge is 2.18. The van der Waals surface area contributed by atoms with Crippen molar-refractivity contribution in [1.29, 1.82) is 0 Å². The molecule has 3 N–H and O–H groups in total. The van der Waals surface area contributed by atoms with E-state index in [0.29, 0.717) is 30.8 Å². The molecule has 1 saturated heterocycles. The molecule has 1 aliphatic heterocycles. The molecule has 0 atom stereocenters. The fourth-order valence-electron chi connectivity index (χ4n) is 3.39. The van der Waals surface area contributed by atoms with Gasteiger partial charge in [-0.3, -0.25) is 4.79 Å². The fourth-order valence-corrected chi connectivity index (χ4v) is 3.39. The number of rotatable bonds is 8. The Balaban J connectivity index is 1.67. The minimum atomic E-state index is -0.380. The average molecular weight is 442 g/mol. The standard InChI is InChI=1S/C23H31N7O2/c1-4-20(31)26-17-7-5-16(6-8-17)13-24-23-29-22(27-18-9-11-32-12-10-18)28-21-19(15(2)3)14-25-30(21)23/h5-8,14-15,18H,4,9-13H2,1-3H3,(H,26,31)(H2,24,27,28,29)/i5D,6D,7D,8D. The van der Waals surface area contributed by atoms with Gasteiger partial charge in [0.15, 0.2) is 5.65 Å². The van der Waals surface area contributed by atoms with Gasteiger partial charge in [0.1, 0.15) is 0 Å². The first-order valence-electron chi connectivity index (χ1n) is 12.9. The van der Waals surface area contributed by atoms with Gasteiger partial charge in [-0.2, -0.15) is 19.6 Å². The van der Waals surface area contributed by atoms with Crippen molar-refractivity contribution < 1.29 is 15.0 Å². The number of aromatic nitrogens is 4. The molecule has 1 fully saturated rings. The van der Waals surface area contributed by atoms with Gasteiger partial charge >= 0.3 is 0 Å². The van der Waals surface area contributed by atoms with E-state index in [1.54, 1.807) is 17.6 Å². The predicted octanol–water partition coefficient (Wildman–Crippen LogP) is 3.80. The number of amides is 1. The summed E-state index contributed by atoms with van der Waals surface area (Å²) in [6, 6.07) is -0.883. The summed E-state index contributed by atoms with van der Waals surface area (Å²) in [6.07, 6.45) is 3.60. The van der Waals surface area contributed by atoms with Crippen LogP contribution in [0.25, 0.3) is 5.65 Å². The van der Waals surface area contributed by atoms with E-state index in [2.05, 4.69) is 39.9 Å². The normalized spacial score (nSPS) is 16.4. The van der Waals surface area contributed by atoms with E-state index in [1.807, 2.05) is 0 Å². The van der Waals surface area contributed by atoms with Crippen LogP contribution in [0, 0.1) is 0 Å². The number of benzene rings is 1. The van der Waals surface area contributed by atoms with Gasteiger partial charge in [0.05, 0.1) is 11.7 Å². The largest absolute Gasteiger partial charge is 0.381 e. The molecule has 3 heterocycles.